The quantitative estimate of drug-likeness (QED) is 0.305. The average molecular weight is 596 g/mol. The number of rotatable bonds is 7. The van der Waals surface area contributed by atoms with E-state index in [0.29, 0.717) is 14.3 Å². The molecule has 0 saturated heterocycles. The Morgan fingerprint density at radius 1 is 1.23 bits per heavy atom. The predicted molar refractivity (Wildman–Crippen MR) is 117 cm³/mol. The van der Waals surface area contributed by atoms with Gasteiger partial charge in [0, 0.05) is 30.6 Å². The van der Waals surface area contributed by atoms with Gasteiger partial charge in [0.15, 0.2) is 17.3 Å². The molecule has 0 aliphatic heterocycles. The summed E-state index contributed by atoms with van der Waals surface area (Å²) in [5, 5.41) is 25.3. The highest BCUT2D eigenvalue weighted by molar-refractivity contribution is 6.33. The fraction of sp³-hybridized carbons (Fsp3) is 0.333. The zero-order valence-electron chi connectivity index (χ0n) is 19.6. The number of nitrogens with zero attached hydrogens (tertiary/aromatic N) is 7. The Kier molecular flexibility index (Phi) is 6.91. The fourth-order valence-corrected chi connectivity index (χ4v) is 3.90. The summed E-state index contributed by atoms with van der Waals surface area (Å²) in [5.74, 6) is -9.26. The number of halogens is 8. The van der Waals surface area contributed by atoms with Crippen molar-refractivity contribution in [1.82, 2.24) is 29.4 Å². The normalized spacial score (nSPS) is 14.6. The van der Waals surface area contributed by atoms with Crippen LogP contribution in [0.25, 0.3) is 16.9 Å². The molecule has 2 amide bonds. The summed E-state index contributed by atoms with van der Waals surface area (Å²) in [6.45, 7) is -3.81. The van der Waals surface area contributed by atoms with E-state index in [1.54, 1.807) is 6.07 Å². The smallest absolute Gasteiger partial charge is 0.459 e. The molecule has 40 heavy (non-hydrogen) atoms. The van der Waals surface area contributed by atoms with E-state index in [-0.39, 0.29) is 24.0 Å². The number of carbonyl (C=O) groups excluding carboxylic acids is 1. The molecular formula is C21H13ClF7N7O4. The lowest BCUT2D eigenvalue weighted by molar-refractivity contribution is -0.291. The zero-order chi connectivity index (χ0) is 29.8. The van der Waals surface area contributed by atoms with Crippen molar-refractivity contribution < 1.29 is 50.2 Å². The standard InChI is InChI=1S/C21H13ClF7N7O4/c1-34-15(12(40-17(23)24)13(33-34)20(25,26)21(27,28)29)35-7-10(6-32-35)9-4-11(14(22)31-5-9)16(37)36(18(38)39)19(8-30)2-3-19/h4-7,17H,2-3H2,1H3,(H,38,39). The highest BCUT2D eigenvalue weighted by Crippen LogP contribution is 2.48. The molecule has 0 aromatic carbocycles. The second-order valence-electron chi connectivity index (χ2n) is 8.38. The maximum Gasteiger partial charge on any atom is 0.459 e. The summed E-state index contributed by atoms with van der Waals surface area (Å²) in [6.07, 6.45) is -4.63. The van der Waals surface area contributed by atoms with Crippen molar-refractivity contribution in [3.63, 3.8) is 0 Å². The van der Waals surface area contributed by atoms with Crippen LogP contribution in [0.4, 0.5) is 35.5 Å². The Morgan fingerprint density at radius 3 is 2.40 bits per heavy atom. The summed E-state index contributed by atoms with van der Waals surface area (Å²) < 4.78 is 98.2. The van der Waals surface area contributed by atoms with Crippen LogP contribution in [0.3, 0.4) is 0 Å². The molecule has 0 unspecified atom stereocenters. The lowest BCUT2D eigenvalue weighted by Crippen LogP contribution is -2.45. The Bertz CT molecular complexity index is 1540. The fourth-order valence-electron chi connectivity index (χ4n) is 3.72. The van der Waals surface area contributed by atoms with Gasteiger partial charge in [0.1, 0.15) is 10.7 Å². The van der Waals surface area contributed by atoms with Gasteiger partial charge in [0.2, 0.25) is 0 Å². The average Bonchev–Trinajstić information content (AvgIpc) is 3.34. The maximum atomic E-state index is 14.1. The Hall–Kier alpha value is -4.40. The van der Waals surface area contributed by atoms with Gasteiger partial charge in [-0.1, -0.05) is 11.6 Å². The molecule has 1 aliphatic rings. The molecule has 1 aliphatic carbocycles. The first kappa shape index (κ1) is 28.6. The van der Waals surface area contributed by atoms with Gasteiger partial charge in [-0.3, -0.25) is 4.79 Å². The van der Waals surface area contributed by atoms with E-state index in [1.807, 2.05) is 0 Å². The second kappa shape index (κ2) is 9.66. The van der Waals surface area contributed by atoms with Crippen LogP contribution in [-0.4, -0.2) is 64.9 Å². The number of imide groups is 1. The van der Waals surface area contributed by atoms with E-state index >= 15 is 0 Å². The van der Waals surface area contributed by atoms with Gasteiger partial charge in [-0.25, -0.2) is 24.0 Å². The van der Waals surface area contributed by atoms with Crippen LogP contribution in [0.15, 0.2) is 24.7 Å². The van der Waals surface area contributed by atoms with Gasteiger partial charge in [0.25, 0.3) is 5.91 Å². The van der Waals surface area contributed by atoms with Gasteiger partial charge in [-0.2, -0.15) is 46.2 Å². The minimum Gasteiger partial charge on any atom is -0.465 e. The van der Waals surface area contributed by atoms with Crippen molar-refractivity contribution in [2.24, 2.45) is 7.05 Å². The molecule has 3 heterocycles. The van der Waals surface area contributed by atoms with Gasteiger partial charge >= 0.3 is 24.8 Å². The topological polar surface area (TPSA) is 139 Å². The third kappa shape index (κ3) is 4.76. The van der Waals surface area contributed by atoms with Crippen molar-refractivity contribution in [1.29, 1.82) is 5.26 Å². The molecule has 0 spiro atoms. The minimum atomic E-state index is -6.19. The van der Waals surface area contributed by atoms with E-state index in [0.717, 1.165) is 31.7 Å². The molecule has 11 nitrogen and oxygen atoms in total. The summed E-state index contributed by atoms with van der Waals surface area (Å²) in [4.78, 5) is 28.9. The molecule has 1 fully saturated rings. The summed E-state index contributed by atoms with van der Waals surface area (Å²) in [5.41, 5.74) is -4.12. The molecule has 0 bridgehead atoms. The van der Waals surface area contributed by atoms with Crippen molar-refractivity contribution in [3.8, 4) is 28.8 Å². The van der Waals surface area contributed by atoms with E-state index in [1.165, 1.54) is 0 Å². The van der Waals surface area contributed by atoms with Crippen molar-refractivity contribution in [2.45, 2.75) is 37.1 Å². The number of aromatic nitrogens is 5. The summed E-state index contributed by atoms with van der Waals surface area (Å²) in [7, 11) is 0.884. The lowest BCUT2D eigenvalue weighted by atomic mass is 10.1. The molecule has 1 N–H and O–H groups in total. The third-order valence-electron chi connectivity index (χ3n) is 5.79. The van der Waals surface area contributed by atoms with Crippen molar-refractivity contribution in [2.75, 3.05) is 0 Å². The number of aryl methyl sites for hydroxylation is 1. The summed E-state index contributed by atoms with van der Waals surface area (Å²) >= 11 is 6.00. The first-order valence-corrected chi connectivity index (χ1v) is 11.1. The van der Waals surface area contributed by atoms with Crippen molar-refractivity contribution in [3.05, 3.63) is 41.1 Å². The number of hydrogen-bond acceptors (Lipinski definition) is 7. The minimum absolute atomic E-state index is 0.00911. The number of nitriles is 1. The molecule has 19 heteroatoms. The zero-order valence-corrected chi connectivity index (χ0v) is 20.4. The first-order valence-electron chi connectivity index (χ1n) is 10.7. The van der Waals surface area contributed by atoms with Crippen LogP contribution in [0.5, 0.6) is 5.75 Å². The Morgan fingerprint density at radius 2 is 1.88 bits per heavy atom. The largest absolute Gasteiger partial charge is 0.465 e. The molecule has 4 rings (SSSR count). The molecule has 3 aromatic heterocycles. The van der Waals surface area contributed by atoms with Gasteiger partial charge in [-0.15, -0.1) is 0 Å². The maximum absolute atomic E-state index is 14.1. The van der Waals surface area contributed by atoms with E-state index in [4.69, 9.17) is 11.6 Å². The van der Waals surface area contributed by atoms with Crippen LogP contribution >= 0.6 is 11.6 Å². The van der Waals surface area contributed by atoms with E-state index in [2.05, 4.69) is 19.9 Å². The number of hydrogen-bond donors (Lipinski definition) is 1. The Labute approximate surface area is 222 Å². The van der Waals surface area contributed by atoms with Gasteiger partial charge < -0.3 is 9.84 Å². The predicted octanol–water partition coefficient (Wildman–Crippen LogP) is 4.75. The van der Waals surface area contributed by atoms with Crippen LogP contribution < -0.4 is 4.74 Å². The Balaban J connectivity index is 1.77. The molecule has 0 atom stereocenters. The van der Waals surface area contributed by atoms with Gasteiger partial charge in [-0.05, 0) is 18.9 Å². The monoisotopic (exact) mass is 595 g/mol. The molecule has 212 valence electrons. The number of ether oxygens (including phenoxy) is 1. The third-order valence-corrected chi connectivity index (χ3v) is 6.09. The second-order valence-corrected chi connectivity index (χ2v) is 8.74. The van der Waals surface area contributed by atoms with Crippen LogP contribution in [-0.2, 0) is 13.0 Å². The first-order chi connectivity index (χ1) is 18.5. The van der Waals surface area contributed by atoms with Crippen molar-refractivity contribution >= 4 is 23.6 Å². The molecule has 3 aromatic rings. The van der Waals surface area contributed by atoms with E-state index in [9.17, 15) is 50.7 Å². The van der Waals surface area contributed by atoms with Crippen LogP contribution in [0.1, 0.15) is 28.9 Å². The highest BCUT2D eigenvalue weighted by Gasteiger charge is 2.63. The summed E-state index contributed by atoms with van der Waals surface area (Å²) in [6, 6.07) is 2.84. The van der Waals surface area contributed by atoms with E-state index < -0.39 is 64.2 Å². The molecule has 0 radical (unpaired) electrons. The number of amides is 2. The highest BCUT2D eigenvalue weighted by atomic mass is 35.5. The SMILES string of the molecule is Cn1nc(C(F)(F)C(F)(F)F)c(OC(F)F)c1-n1cc(-c2cnc(Cl)c(C(=O)N(C(=O)O)C3(C#N)CC3)c2)cn1. The number of carbonyl (C=O) groups is 2. The van der Waals surface area contributed by atoms with Gasteiger partial charge in [0.05, 0.1) is 17.8 Å². The van der Waals surface area contributed by atoms with Crippen LogP contribution in [0, 0.1) is 11.3 Å². The van der Waals surface area contributed by atoms with Crippen LogP contribution in [0.2, 0.25) is 5.15 Å². The lowest BCUT2D eigenvalue weighted by Gasteiger charge is -2.22. The number of pyridine rings is 1. The number of carboxylic acid groups (broad SMARTS) is 1. The number of alkyl halides is 7. The molecular weight excluding hydrogens is 583 g/mol. The molecule has 1 saturated carbocycles.